The molecule has 0 aromatic heterocycles. The molecular weight excluding hydrogens is 428 g/mol. The van der Waals surface area contributed by atoms with Crippen molar-refractivity contribution in [2.24, 2.45) is 0 Å². The molecule has 0 aliphatic carbocycles. The van der Waals surface area contributed by atoms with Crippen molar-refractivity contribution in [1.29, 1.82) is 0 Å². The lowest BCUT2D eigenvalue weighted by molar-refractivity contribution is -0.122. The maximum atomic E-state index is 13.2. The Hall–Kier alpha value is -2.58. The van der Waals surface area contributed by atoms with Gasteiger partial charge in [0.15, 0.2) is 6.10 Å². The second kappa shape index (κ2) is 10.4. The van der Waals surface area contributed by atoms with E-state index in [1.165, 1.54) is 17.5 Å². The number of nitrogens with zero attached hydrogens (tertiary/aromatic N) is 1. The summed E-state index contributed by atoms with van der Waals surface area (Å²) in [5, 5.41) is 2.80. The van der Waals surface area contributed by atoms with Crippen LogP contribution in [0.1, 0.15) is 43.7 Å². The van der Waals surface area contributed by atoms with Gasteiger partial charge < -0.3 is 14.8 Å². The number of nitrogens with one attached hydrogen (secondary N) is 1. The first-order valence-electron chi connectivity index (χ1n) is 11.0. The monoisotopic (exact) mass is 460 g/mol. The number of piperidine rings is 1. The molecular formula is C24H32N2O5S. The Labute approximate surface area is 190 Å². The van der Waals surface area contributed by atoms with Gasteiger partial charge in [-0.1, -0.05) is 19.4 Å². The minimum atomic E-state index is -3.72. The van der Waals surface area contributed by atoms with Gasteiger partial charge >= 0.3 is 0 Å². The molecule has 0 bridgehead atoms. The van der Waals surface area contributed by atoms with Crippen LogP contribution in [-0.2, 0) is 14.8 Å². The second-order valence-corrected chi connectivity index (χ2v) is 9.99. The van der Waals surface area contributed by atoms with E-state index < -0.39 is 16.1 Å². The summed E-state index contributed by atoms with van der Waals surface area (Å²) in [6.07, 6.45) is 2.46. The van der Waals surface area contributed by atoms with Crippen LogP contribution in [0.2, 0.25) is 0 Å². The molecule has 1 atom stereocenters. The van der Waals surface area contributed by atoms with Gasteiger partial charge in [-0.2, -0.15) is 4.31 Å². The van der Waals surface area contributed by atoms with E-state index in [-0.39, 0.29) is 16.6 Å². The van der Waals surface area contributed by atoms with E-state index in [0.717, 1.165) is 30.4 Å². The van der Waals surface area contributed by atoms with Gasteiger partial charge in [0.1, 0.15) is 16.4 Å². The second-order valence-electron chi connectivity index (χ2n) is 8.08. The van der Waals surface area contributed by atoms with Gasteiger partial charge in [0.05, 0.1) is 7.11 Å². The zero-order valence-corrected chi connectivity index (χ0v) is 20.0. The summed E-state index contributed by atoms with van der Waals surface area (Å²) in [7, 11) is -2.28. The van der Waals surface area contributed by atoms with E-state index in [1.54, 1.807) is 12.1 Å². The highest BCUT2D eigenvalue weighted by atomic mass is 32.2. The summed E-state index contributed by atoms with van der Waals surface area (Å²) >= 11 is 0. The lowest BCUT2D eigenvalue weighted by Gasteiger charge is -2.26. The van der Waals surface area contributed by atoms with Crippen molar-refractivity contribution in [2.75, 3.05) is 25.5 Å². The van der Waals surface area contributed by atoms with Gasteiger partial charge in [-0.05, 0) is 74.6 Å². The third-order valence-electron chi connectivity index (χ3n) is 5.78. The molecule has 2 aromatic rings. The van der Waals surface area contributed by atoms with E-state index in [0.29, 0.717) is 30.9 Å². The van der Waals surface area contributed by atoms with E-state index in [1.807, 2.05) is 39.0 Å². The number of hydrogen-bond acceptors (Lipinski definition) is 5. The minimum Gasteiger partial charge on any atom is -0.495 e. The Kier molecular flexibility index (Phi) is 7.79. The third-order valence-corrected chi connectivity index (χ3v) is 7.70. The third kappa shape index (κ3) is 5.42. The van der Waals surface area contributed by atoms with E-state index >= 15 is 0 Å². The lowest BCUT2D eigenvalue weighted by Crippen LogP contribution is -2.36. The quantitative estimate of drug-likeness (QED) is 0.635. The van der Waals surface area contributed by atoms with Crippen molar-refractivity contribution < 1.29 is 22.7 Å². The van der Waals surface area contributed by atoms with E-state index in [9.17, 15) is 13.2 Å². The van der Waals surface area contributed by atoms with Crippen molar-refractivity contribution in [3.8, 4) is 11.5 Å². The molecule has 1 heterocycles. The highest BCUT2D eigenvalue weighted by Gasteiger charge is 2.29. The number of rotatable bonds is 8. The lowest BCUT2D eigenvalue weighted by atomic mass is 10.1. The first kappa shape index (κ1) is 24.1. The zero-order valence-electron chi connectivity index (χ0n) is 19.2. The van der Waals surface area contributed by atoms with Gasteiger partial charge in [0.2, 0.25) is 10.0 Å². The molecule has 1 aliphatic rings. The number of methoxy groups -OCH3 is 1. The number of anilines is 1. The summed E-state index contributed by atoms with van der Waals surface area (Å²) in [6, 6.07) is 10.4. The van der Waals surface area contributed by atoms with Crippen molar-refractivity contribution >= 4 is 21.6 Å². The largest absolute Gasteiger partial charge is 0.495 e. The predicted octanol–water partition coefficient (Wildman–Crippen LogP) is 4.28. The molecule has 7 nitrogen and oxygen atoms in total. The smallest absolute Gasteiger partial charge is 0.265 e. The number of aryl methyl sites for hydroxylation is 2. The molecule has 1 saturated heterocycles. The standard InChI is InChI=1S/C24H32N2O5S/c1-5-21(31-20-11-9-17(2)18(3)15-20)24(27)25-19-10-12-22(30-4)23(16-19)32(28,29)26-13-7-6-8-14-26/h9-12,15-16,21H,5-8,13-14H2,1-4H3,(H,25,27)/t21-/m1/s1. The van der Waals surface area contributed by atoms with Crippen LogP contribution in [0, 0.1) is 13.8 Å². The molecule has 1 aliphatic heterocycles. The van der Waals surface area contributed by atoms with E-state index in [2.05, 4.69) is 5.32 Å². The van der Waals surface area contributed by atoms with Gasteiger partial charge in [-0.15, -0.1) is 0 Å². The summed E-state index contributed by atoms with van der Waals surface area (Å²) in [6.45, 7) is 6.85. The van der Waals surface area contributed by atoms with Crippen LogP contribution in [0.15, 0.2) is 41.3 Å². The number of carbonyl (C=O) groups is 1. The fourth-order valence-electron chi connectivity index (χ4n) is 3.70. The molecule has 0 radical (unpaired) electrons. The predicted molar refractivity (Wildman–Crippen MR) is 125 cm³/mol. The number of benzene rings is 2. The van der Waals surface area contributed by atoms with Gasteiger partial charge in [-0.3, -0.25) is 4.79 Å². The van der Waals surface area contributed by atoms with Crippen LogP contribution in [0.4, 0.5) is 5.69 Å². The molecule has 3 rings (SSSR count). The molecule has 1 amide bonds. The molecule has 8 heteroatoms. The average Bonchev–Trinajstić information content (AvgIpc) is 2.80. The number of hydrogen-bond donors (Lipinski definition) is 1. The average molecular weight is 461 g/mol. The zero-order chi connectivity index (χ0) is 23.3. The van der Waals surface area contributed by atoms with Crippen molar-refractivity contribution in [3.63, 3.8) is 0 Å². The van der Waals surface area contributed by atoms with E-state index in [4.69, 9.17) is 9.47 Å². The van der Waals surface area contributed by atoms with Crippen LogP contribution in [-0.4, -0.2) is 44.9 Å². The summed E-state index contributed by atoms with van der Waals surface area (Å²) in [4.78, 5) is 12.9. The van der Waals surface area contributed by atoms with Gasteiger partial charge in [0, 0.05) is 18.8 Å². The molecule has 0 spiro atoms. The summed E-state index contributed by atoms with van der Waals surface area (Å²) in [5.74, 6) is 0.544. The number of sulfonamides is 1. The first-order chi connectivity index (χ1) is 15.3. The fourth-order valence-corrected chi connectivity index (χ4v) is 5.40. The Balaban J connectivity index is 1.80. The van der Waals surface area contributed by atoms with Crippen molar-refractivity contribution in [3.05, 3.63) is 47.5 Å². The fraction of sp³-hybridized carbons (Fsp3) is 0.458. The first-order valence-corrected chi connectivity index (χ1v) is 12.4. The molecule has 1 fully saturated rings. The summed E-state index contributed by atoms with van der Waals surface area (Å²) < 4.78 is 39.1. The Morgan fingerprint density at radius 1 is 1.06 bits per heavy atom. The van der Waals surface area contributed by atoms with Gasteiger partial charge in [-0.25, -0.2) is 8.42 Å². The Morgan fingerprint density at radius 2 is 1.78 bits per heavy atom. The molecule has 32 heavy (non-hydrogen) atoms. The topological polar surface area (TPSA) is 84.9 Å². The van der Waals surface area contributed by atoms with Gasteiger partial charge in [0.25, 0.3) is 5.91 Å². The molecule has 0 unspecified atom stereocenters. The van der Waals surface area contributed by atoms with Crippen LogP contribution in [0.3, 0.4) is 0 Å². The summed E-state index contributed by atoms with van der Waals surface area (Å²) in [5.41, 5.74) is 2.62. The minimum absolute atomic E-state index is 0.0582. The van der Waals surface area contributed by atoms with Crippen LogP contribution < -0.4 is 14.8 Å². The highest BCUT2D eigenvalue weighted by molar-refractivity contribution is 7.89. The normalized spacial score (nSPS) is 15.8. The van der Waals surface area contributed by atoms with Crippen molar-refractivity contribution in [1.82, 2.24) is 4.31 Å². The SMILES string of the molecule is CC[C@@H](Oc1ccc(C)c(C)c1)C(=O)Nc1ccc(OC)c(S(=O)(=O)N2CCCCC2)c1. The maximum Gasteiger partial charge on any atom is 0.265 e. The molecule has 174 valence electrons. The van der Waals surface area contributed by atoms with Crippen LogP contribution in [0.25, 0.3) is 0 Å². The van der Waals surface area contributed by atoms with Crippen LogP contribution >= 0.6 is 0 Å². The Bertz CT molecular complexity index is 1060. The van der Waals surface area contributed by atoms with Crippen molar-refractivity contribution in [2.45, 2.75) is 57.5 Å². The Morgan fingerprint density at radius 3 is 2.41 bits per heavy atom. The number of ether oxygens (including phenoxy) is 2. The van der Waals surface area contributed by atoms with Crippen LogP contribution in [0.5, 0.6) is 11.5 Å². The molecule has 1 N–H and O–H groups in total. The molecule has 0 saturated carbocycles. The maximum absolute atomic E-state index is 13.2. The molecule has 2 aromatic carbocycles. The number of amides is 1. The highest BCUT2D eigenvalue weighted by Crippen LogP contribution is 2.31. The number of carbonyl (C=O) groups excluding carboxylic acids is 1.